The van der Waals surface area contributed by atoms with Crippen molar-refractivity contribution in [2.75, 3.05) is 6.54 Å². The van der Waals surface area contributed by atoms with E-state index < -0.39 is 6.43 Å². The van der Waals surface area contributed by atoms with Gasteiger partial charge in [0, 0.05) is 11.1 Å². The lowest BCUT2D eigenvalue weighted by Gasteiger charge is -2.20. The van der Waals surface area contributed by atoms with Crippen molar-refractivity contribution in [2.45, 2.75) is 39.2 Å². The van der Waals surface area contributed by atoms with Crippen LogP contribution in [0.25, 0.3) is 0 Å². The molecule has 90 valence electrons. The molecule has 0 amide bonds. The number of benzene rings is 1. The van der Waals surface area contributed by atoms with Gasteiger partial charge in [-0.05, 0) is 39.3 Å². The number of halogens is 2. The summed E-state index contributed by atoms with van der Waals surface area (Å²) in [5, 5.41) is 3.33. The van der Waals surface area contributed by atoms with Crippen molar-refractivity contribution in [3.05, 3.63) is 35.4 Å². The molecule has 1 N–H and O–H groups in total. The van der Waals surface area contributed by atoms with Crippen molar-refractivity contribution in [3.8, 4) is 0 Å². The Morgan fingerprint density at radius 3 is 2.50 bits per heavy atom. The number of alkyl halides is 2. The Hall–Kier alpha value is -0.960. The molecule has 1 aromatic carbocycles. The third kappa shape index (κ3) is 4.71. The van der Waals surface area contributed by atoms with Gasteiger partial charge < -0.3 is 5.32 Å². The van der Waals surface area contributed by atoms with Crippen molar-refractivity contribution in [1.29, 1.82) is 0 Å². The Kier molecular flexibility index (Phi) is 4.42. The number of hydrogen-bond acceptors (Lipinski definition) is 1. The fourth-order valence-electron chi connectivity index (χ4n) is 1.47. The van der Waals surface area contributed by atoms with Gasteiger partial charge in [-0.1, -0.05) is 24.3 Å². The molecule has 0 saturated carbocycles. The van der Waals surface area contributed by atoms with Crippen LogP contribution in [-0.2, 0) is 6.42 Å². The fraction of sp³-hybridized carbons (Fsp3) is 0.538. The minimum Gasteiger partial charge on any atom is -0.312 e. The minimum absolute atomic E-state index is 0.0698. The molecule has 0 unspecified atom stereocenters. The molecule has 0 radical (unpaired) electrons. The highest BCUT2D eigenvalue weighted by molar-refractivity contribution is 5.24. The van der Waals surface area contributed by atoms with E-state index in [1.165, 1.54) is 6.07 Å². The van der Waals surface area contributed by atoms with Crippen molar-refractivity contribution in [3.63, 3.8) is 0 Å². The molecule has 1 nitrogen and oxygen atoms in total. The van der Waals surface area contributed by atoms with Crippen LogP contribution in [0.4, 0.5) is 8.78 Å². The smallest absolute Gasteiger partial charge is 0.263 e. The van der Waals surface area contributed by atoms with E-state index in [4.69, 9.17) is 0 Å². The van der Waals surface area contributed by atoms with Crippen LogP contribution in [0.2, 0.25) is 0 Å². The van der Waals surface area contributed by atoms with E-state index in [2.05, 4.69) is 26.1 Å². The van der Waals surface area contributed by atoms with Crippen LogP contribution in [0.1, 0.15) is 38.3 Å². The summed E-state index contributed by atoms with van der Waals surface area (Å²) < 4.78 is 24.9. The molecule has 0 bridgehead atoms. The first-order valence-corrected chi connectivity index (χ1v) is 5.50. The zero-order valence-corrected chi connectivity index (χ0v) is 10.1. The predicted octanol–water partition coefficient (Wildman–Crippen LogP) is 3.55. The molecule has 0 saturated heterocycles. The van der Waals surface area contributed by atoms with Gasteiger partial charge in [0.1, 0.15) is 0 Å². The van der Waals surface area contributed by atoms with Gasteiger partial charge in [-0.3, -0.25) is 0 Å². The Labute approximate surface area is 95.9 Å². The summed E-state index contributed by atoms with van der Waals surface area (Å²) in [6.45, 7) is 7.06. The van der Waals surface area contributed by atoms with E-state index in [0.717, 1.165) is 18.5 Å². The van der Waals surface area contributed by atoms with Crippen LogP contribution in [0.3, 0.4) is 0 Å². The van der Waals surface area contributed by atoms with Gasteiger partial charge in [0.15, 0.2) is 0 Å². The summed E-state index contributed by atoms with van der Waals surface area (Å²) in [6.07, 6.45) is -1.60. The first-order valence-electron chi connectivity index (χ1n) is 5.50. The van der Waals surface area contributed by atoms with Crippen LogP contribution < -0.4 is 5.32 Å². The molecule has 0 spiro atoms. The second-order valence-electron chi connectivity index (χ2n) is 4.97. The zero-order chi connectivity index (χ0) is 12.2. The van der Waals surface area contributed by atoms with E-state index in [0.29, 0.717) is 0 Å². The molecular weight excluding hydrogens is 208 g/mol. The van der Waals surface area contributed by atoms with Gasteiger partial charge in [0.25, 0.3) is 6.43 Å². The van der Waals surface area contributed by atoms with Crippen LogP contribution in [0.15, 0.2) is 24.3 Å². The van der Waals surface area contributed by atoms with Gasteiger partial charge in [-0.2, -0.15) is 0 Å². The molecule has 1 aromatic rings. The molecule has 0 aliphatic carbocycles. The van der Waals surface area contributed by atoms with Gasteiger partial charge in [-0.25, -0.2) is 8.78 Å². The summed E-state index contributed by atoms with van der Waals surface area (Å²) in [7, 11) is 0. The molecule has 0 heterocycles. The van der Waals surface area contributed by atoms with Gasteiger partial charge in [0.05, 0.1) is 0 Å². The van der Waals surface area contributed by atoms with E-state index >= 15 is 0 Å². The predicted molar refractivity (Wildman–Crippen MR) is 62.9 cm³/mol. The SMILES string of the molecule is CC(C)(C)NCCc1cccc(C(F)F)c1. The third-order valence-corrected chi connectivity index (χ3v) is 2.27. The third-order valence-electron chi connectivity index (χ3n) is 2.27. The quantitative estimate of drug-likeness (QED) is 0.829. The largest absolute Gasteiger partial charge is 0.312 e. The summed E-state index contributed by atoms with van der Waals surface area (Å²) in [4.78, 5) is 0. The number of nitrogens with one attached hydrogen (secondary N) is 1. The second-order valence-corrected chi connectivity index (χ2v) is 4.97. The molecule has 0 aliphatic heterocycles. The average Bonchev–Trinajstić information content (AvgIpc) is 2.16. The van der Waals surface area contributed by atoms with E-state index in [9.17, 15) is 8.78 Å². The first-order chi connectivity index (χ1) is 7.38. The highest BCUT2D eigenvalue weighted by Crippen LogP contribution is 2.19. The standard InChI is InChI=1S/C13H19F2N/c1-13(2,3)16-8-7-10-5-4-6-11(9-10)12(14)15/h4-6,9,12,16H,7-8H2,1-3H3. The van der Waals surface area contributed by atoms with E-state index in [1.807, 2.05) is 6.07 Å². The molecule has 3 heteroatoms. The average molecular weight is 227 g/mol. The van der Waals surface area contributed by atoms with E-state index in [-0.39, 0.29) is 11.1 Å². The lowest BCUT2D eigenvalue weighted by molar-refractivity contribution is 0.151. The summed E-state index contributed by atoms with van der Waals surface area (Å²) in [5.41, 5.74) is 1.13. The molecule has 1 rings (SSSR count). The fourth-order valence-corrected chi connectivity index (χ4v) is 1.47. The Balaban J connectivity index is 2.51. The maximum atomic E-state index is 12.4. The monoisotopic (exact) mass is 227 g/mol. The highest BCUT2D eigenvalue weighted by atomic mass is 19.3. The van der Waals surface area contributed by atoms with Crippen molar-refractivity contribution in [2.24, 2.45) is 0 Å². The molecular formula is C13H19F2N. The van der Waals surface area contributed by atoms with Crippen LogP contribution in [-0.4, -0.2) is 12.1 Å². The zero-order valence-electron chi connectivity index (χ0n) is 10.1. The maximum Gasteiger partial charge on any atom is 0.263 e. The number of rotatable bonds is 4. The summed E-state index contributed by atoms with van der Waals surface area (Å²) in [6, 6.07) is 6.62. The minimum atomic E-state index is -2.38. The summed E-state index contributed by atoms with van der Waals surface area (Å²) in [5.74, 6) is 0. The molecule has 0 aromatic heterocycles. The Morgan fingerprint density at radius 1 is 1.25 bits per heavy atom. The summed E-state index contributed by atoms with van der Waals surface area (Å²) >= 11 is 0. The van der Waals surface area contributed by atoms with Crippen LogP contribution in [0.5, 0.6) is 0 Å². The van der Waals surface area contributed by atoms with Crippen LogP contribution in [0, 0.1) is 0 Å². The van der Waals surface area contributed by atoms with Crippen molar-refractivity contribution >= 4 is 0 Å². The lowest BCUT2D eigenvalue weighted by atomic mass is 10.1. The topological polar surface area (TPSA) is 12.0 Å². The van der Waals surface area contributed by atoms with Gasteiger partial charge in [0.2, 0.25) is 0 Å². The van der Waals surface area contributed by atoms with Gasteiger partial charge in [-0.15, -0.1) is 0 Å². The Bertz CT molecular complexity index is 329. The van der Waals surface area contributed by atoms with Crippen LogP contribution >= 0.6 is 0 Å². The molecule has 0 atom stereocenters. The number of hydrogen-bond donors (Lipinski definition) is 1. The highest BCUT2D eigenvalue weighted by Gasteiger charge is 2.09. The second kappa shape index (κ2) is 5.39. The first kappa shape index (κ1) is 13.1. The molecule has 16 heavy (non-hydrogen) atoms. The maximum absolute atomic E-state index is 12.4. The lowest BCUT2D eigenvalue weighted by Crippen LogP contribution is -2.37. The van der Waals surface area contributed by atoms with Crippen molar-refractivity contribution in [1.82, 2.24) is 5.32 Å². The van der Waals surface area contributed by atoms with E-state index in [1.54, 1.807) is 12.1 Å². The van der Waals surface area contributed by atoms with Gasteiger partial charge >= 0.3 is 0 Å². The Morgan fingerprint density at radius 2 is 1.94 bits per heavy atom. The normalized spacial score (nSPS) is 12.1. The molecule has 0 fully saturated rings. The van der Waals surface area contributed by atoms with Crippen molar-refractivity contribution < 1.29 is 8.78 Å². The molecule has 0 aliphatic rings.